The summed E-state index contributed by atoms with van der Waals surface area (Å²) in [5, 5.41) is 3.53. The summed E-state index contributed by atoms with van der Waals surface area (Å²) in [4.78, 5) is 2.69. The summed E-state index contributed by atoms with van der Waals surface area (Å²) in [5.41, 5.74) is 0.190. The van der Waals surface area contributed by atoms with Crippen LogP contribution in [-0.2, 0) is 4.74 Å². The Labute approximate surface area is 106 Å². The predicted molar refractivity (Wildman–Crippen MR) is 71.3 cm³/mol. The van der Waals surface area contributed by atoms with Gasteiger partial charge in [-0.1, -0.05) is 6.92 Å². The van der Waals surface area contributed by atoms with Gasteiger partial charge < -0.3 is 10.1 Å². The van der Waals surface area contributed by atoms with Crippen molar-refractivity contribution in [3.63, 3.8) is 0 Å². The number of hydrogen-bond acceptors (Lipinski definition) is 3. The van der Waals surface area contributed by atoms with Crippen molar-refractivity contribution >= 4 is 0 Å². The summed E-state index contributed by atoms with van der Waals surface area (Å²) < 4.78 is 5.64. The van der Waals surface area contributed by atoms with Crippen LogP contribution >= 0.6 is 0 Å². The zero-order chi connectivity index (χ0) is 12.5. The zero-order valence-corrected chi connectivity index (χ0v) is 11.8. The topological polar surface area (TPSA) is 24.5 Å². The highest BCUT2D eigenvalue weighted by atomic mass is 16.5. The maximum Gasteiger partial charge on any atom is 0.0645 e. The van der Waals surface area contributed by atoms with Crippen LogP contribution in [0.1, 0.15) is 40.0 Å². The molecule has 0 radical (unpaired) electrons. The average Bonchev–Trinajstić information content (AvgIpc) is 2.28. The molecule has 0 amide bonds. The summed E-state index contributed by atoms with van der Waals surface area (Å²) in [6.45, 7) is 9.88. The van der Waals surface area contributed by atoms with E-state index in [1.807, 2.05) is 0 Å². The van der Waals surface area contributed by atoms with Gasteiger partial charge in [-0.15, -0.1) is 0 Å². The quantitative estimate of drug-likeness (QED) is 0.797. The molecule has 100 valence electrons. The first-order valence-corrected chi connectivity index (χ1v) is 7.06. The Morgan fingerprint density at radius 1 is 1.29 bits per heavy atom. The van der Waals surface area contributed by atoms with E-state index in [1.165, 1.54) is 19.3 Å². The lowest BCUT2D eigenvalue weighted by molar-refractivity contribution is -0.0871. The van der Waals surface area contributed by atoms with Crippen molar-refractivity contribution < 1.29 is 4.74 Å². The molecule has 3 heteroatoms. The van der Waals surface area contributed by atoms with E-state index in [-0.39, 0.29) is 5.54 Å². The van der Waals surface area contributed by atoms with Crippen molar-refractivity contribution in [1.29, 1.82) is 0 Å². The van der Waals surface area contributed by atoms with Crippen molar-refractivity contribution in [2.24, 2.45) is 5.92 Å². The van der Waals surface area contributed by atoms with Crippen LogP contribution in [0.15, 0.2) is 0 Å². The Morgan fingerprint density at radius 3 is 2.71 bits per heavy atom. The van der Waals surface area contributed by atoms with Crippen LogP contribution in [0.2, 0.25) is 0 Å². The highest BCUT2D eigenvalue weighted by molar-refractivity contribution is 4.96. The molecule has 3 nitrogen and oxygen atoms in total. The third-order valence-electron chi connectivity index (χ3n) is 4.56. The van der Waals surface area contributed by atoms with Gasteiger partial charge in [0.2, 0.25) is 0 Å². The number of nitrogens with one attached hydrogen (secondary N) is 1. The van der Waals surface area contributed by atoms with E-state index < -0.39 is 0 Å². The van der Waals surface area contributed by atoms with Gasteiger partial charge in [0.15, 0.2) is 0 Å². The van der Waals surface area contributed by atoms with Gasteiger partial charge in [-0.05, 0) is 46.1 Å². The molecule has 2 aliphatic rings. The first-order chi connectivity index (χ1) is 8.04. The van der Waals surface area contributed by atoms with E-state index >= 15 is 0 Å². The van der Waals surface area contributed by atoms with Crippen molar-refractivity contribution in [3.05, 3.63) is 0 Å². The van der Waals surface area contributed by atoms with Gasteiger partial charge in [0, 0.05) is 24.2 Å². The lowest BCUT2D eigenvalue weighted by atomic mass is 9.80. The molecule has 0 bridgehead atoms. The van der Waals surface area contributed by atoms with E-state index in [0.29, 0.717) is 12.1 Å². The second kappa shape index (κ2) is 5.25. The Hall–Kier alpha value is -0.120. The second-order valence-electron chi connectivity index (χ2n) is 6.44. The molecule has 3 atom stereocenters. The van der Waals surface area contributed by atoms with Crippen molar-refractivity contribution in [3.8, 4) is 0 Å². The summed E-state index contributed by atoms with van der Waals surface area (Å²) in [6, 6.07) is 1.34. The van der Waals surface area contributed by atoms with Crippen LogP contribution in [0.25, 0.3) is 0 Å². The molecule has 0 aromatic heterocycles. The summed E-state index contributed by atoms with van der Waals surface area (Å²) in [6.07, 6.45) is 4.01. The highest BCUT2D eigenvalue weighted by Crippen LogP contribution is 2.32. The van der Waals surface area contributed by atoms with E-state index in [9.17, 15) is 0 Å². The molecule has 0 spiro atoms. The Morgan fingerprint density at radius 2 is 2.06 bits per heavy atom. The molecule has 1 N–H and O–H groups in total. The Balaban J connectivity index is 2.11. The first-order valence-electron chi connectivity index (χ1n) is 7.06. The molecule has 0 aromatic rings. The van der Waals surface area contributed by atoms with Crippen LogP contribution in [0.5, 0.6) is 0 Å². The molecule has 0 aromatic carbocycles. The molecule has 1 heterocycles. The van der Waals surface area contributed by atoms with Crippen molar-refractivity contribution in [2.75, 3.05) is 26.8 Å². The van der Waals surface area contributed by atoms with Gasteiger partial charge in [-0.3, -0.25) is 4.90 Å². The fourth-order valence-electron chi connectivity index (χ4n) is 3.52. The number of rotatable bonds is 2. The van der Waals surface area contributed by atoms with Crippen molar-refractivity contribution in [2.45, 2.75) is 57.7 Å². The fourth-order valence-corrected chi connectivity index (χ4v) is 3.52. The molecular formula is C14H28N2O. The van der Waals surface area contributed by atoms with E-state index in [2.05, 4.69) is 38.0 Å². The number of ether oxygens (including phenoxy) is 1. The van der Waals surface area contributed by atoms with Gasteiger partial charge >= 0.3 is 0 Å². The molecule has 1 saturated heterocycles. The minimum Gasteiger partial charge on any atom is -0.378 e. The second-order valence-corrected chi connectivity index (χ2v) is 6.44. The Kier molecular flexibility index (Phi) is 4.11. The number of nitrogens with zero attached hydrogens (tertiary/aromatic N) is 1. The molecule has 1 aliphatic carbocycles. The van der Waals surface area contributed by atoms with E-state index in [0.717, 1.165) is 25.7 Å². The highest BCUT2D eigenvalue weighted by Gasteiger charge is 2.40. The molecule has 2 fully saturated rings. The average molecular weight is 240 g/mol. The van der Waals surface area contributed by atoms with Crippen LogP contribution in [0.4, 0.5) is 0 Å². The van der Waals surface area contributed by atoms with Gasteiger partial charge in [0.1, 0.15) is 0 Å². The maximum absolute atomic E-state index is 5.64. The van der Waals surface area contributed by atoms with Gasteiger partial charge in [0.05, 0.1) is 13.2 Å². The number of morpholine rings is 1. The smallest absolute Gasteiger partial charge is 0.0645 e. The standard InChI is InChI=1S/C14H28N2O/c1-11-5-6-12(15-4)13(9-11)16-7-8-17-10-14(16,2)3/h11-13,15H,5-10H2,1-4H3. The third kappa shape index (κ3) is 2.83. The summed E-state index contributed by atoms with van der Waals surface area (Å²) >= 11 is 0. The minimum absolute atomic E-state index is 0.190. The zero-order valence-electron chi connectivity index (χ0n) is 11.8. The molecular weight excluding hydrogens is 212 g/mol. The van der Waals surface area contributed by atoms with Crippen LogP contribution in [0, 0.1) is 5.92 Å². The van der Waals surface area contributed by atoms with Gasteiger partial charge in [0.25, 0.3) is 0 Å². The van der Waals surface area contributed by atoms with Crippen LogP contribution < -0.4 is 5.32 Å². The van der Waals surface area contributed by atoms with Gasteiger partial charge in [-0.25, -0.2) is 0 Å². The first kappa shape index (κ1) is 13.3. The van der Waals surface area contributed by atoms with E-state index in [1.54, 1.807) is 0 Å². The normalized spacial score (nSPS) is 39.2. The van der Waals surface area contributed by atoms with Crippen LogP contribution in [0.3, 0.4) is 0 Å². The summed E-state index contributed by atoms with van der Waals surface area (Å²) in [5.74, 6) is 0.864. The molecule has 17 heavy (non-hydrogen) atoms. The molecule has 1 aliphatic heterocycles. The Bertz CT molecular complexity index is 255. The largest absolute Gasteiger partial charge is 0.378 e. The molecule has 1 saturated carbocycles. The predicted octanol–water partition coefficient (Wildman–Crippen LogP) is 1.87. The summed E-state index contributed by atoms with van der Waals surface area (Å²) in [7, 11) is 2.11. The SMILES string of the molecule is CNC1CCC(C)CC1N1CCOCC1(C)C. The fraction of sp³-hybridized carbons (Fsp3) is 1.00. The lowest BCUT2D eigenvalue weighted by Gasteiger charge is -2.51. The van der Waals surface area contributed by atoms with Gasteiger partial charge in [-0.2, -0.15) is 0 Å². The monoisotopic (exact) mass is 240 g/mol. The molecule has 3 unspecified atom stereocenters. The van der Waals surface area contributed by atoms with Crippen molar-refractivity contribution in [1.82, 2.24) is 10.2 Å². The number of hydrogen-bond donors (Lipinski definition) is 1. The minimum atomic E-state index is 0.190. The third-order valence-corrected chi connectivity index (χ3v) is 4.56. The molecule has 2 rings (SSSR count). The van der Waals surface area contributed by atoms with Crippen LogP contribution in [-0.4, -0.2) is 49.3 Å². The maximum atomic E-state index is 5.64. The lowest BCUT2D eigenvalue weighted by Crippen LogP contribution is -2.63. The van der Waals surface area contributed by atoms with E-state index in [4.69, 9.17) is 4.74 Å². The number of likely N-dealkylation sites (N-methyl/N-ethyl adjacent to an activating group) is 1.